The molecule has 2 fully saturated rings. The van der Waals surface area contributed by atoms with Crippen LogP contribution < -0.4 is 10.6 Å². The van der Waals surface area contributed by atoms with E-state index in [1.54, 1.807) is 18.5 Å². The first-order valence-corrected chi connectivity index (χ1v) is 12.7. The summed E-state index contributed by atoms with van der Waals surface area (Å²) in [6, 6.07) is 11.6. The molecule has 2 amide bonds. The van der Waals surface area contributed by atoms with Crippen molar-refractivity contribution in [1.29, 1.82) is 0 Å². The molecule has 1 aliphatic carbocycles. The van der Waals surface area contributed by atoms with Crippen LogP contribution in [0.3, 0.4) is 0 Å². The van der Waals surface area contributed by atoms with Crippen molar-refractivity contribution < 1.29 is 14.3 Å². The minimum Gasteiger partial charge on any atom is -0.379 e. The molecule has 1 aromatic carbocycles. The molecule has 2 aromatic heterocycles. The molecule has 37 heavy (non-hydrogen) atoms. The van der Waals surface area contributed by atoms with E-state index in [4.69, 9.17) is 4.74 Å². The van der Waals surface area contributed by atoms with Crippen molar-refractivity contribution in [3.05, 3.63) is 72.2 Å². The number of aromatic amines is 1. The van der Waals surface area contributed by atoms with Crippen LogP contribution >= 0.6 is 0 Å². The van der Waals surface area contributed by atoms with E-state index in [-0.39, 0.29) is 17.7 Å². The topological polar surface area (TPSA) is 112 Å². The summed E-state index contributed by atoms with van der Waals surface area (Å²) in [5.41, 5.74) is 4.34. The zero-order chi connectivity index (χ0) is 25.6. The lowest BCUT2D eigenvalue weighted by atomic mass is 9.96. The van der Waals surface area contributed by atoms with Crippen molar-refractivity contribution in [2.45, 2.75) is 31.6 Å². The Labute approximate surface area is 216 Å². The van der Waals surface area contributed by atoms with Crippen molar-refractivity contribution in [3.8, 4) is 11.1 Å². The van der Waals surface area contributed by atoms with Crippen molar-refractivity contribution in [1.82, 2.24) is 20.1 Å². The van der Waals surface area contributed by atoms with Crippen LogP contribution in [0.1, 0.15) is 42.9 Å². The number of nitrogens with one attached hydrogen (secondary N) is 3. The van der Waals surface area contributed by atoms with Gasteiger partial charge in [-0.15, -0.1) is 0 Å². The van der Waals surface area contributed by atoms with Gasteiger partial charge in [-0.1, -0.05) is 30.3 Å². The summed E-state index contributed by atoms with van der Waals surface area (Å²) in [7, 11) is 0. The van der Waals surface area contributed by atoms with Gasteiger partial charge in [-0.3, -0.25) is 24.6 Å². The number of hydrogen-bond acceptors (Lipinski definition) is 6. The second-order valence-electron chi connectivity index (χ2n) is 9.59. The Hall–Kier alpha value is -3.82. The summed E-state index contributed by atoms with van der Waals surface area (Å²) in [4.78, 5) is 31.8. The number of nitrogens with zero attached hydrogens (tertiary/aromatic N) is 3. The van der Waals surface area contributed by atoms with Crippen LogP contribution in [0.25, 0.3) is 11.1 Å². The van der Waals surface area contributed by atoms with Crippen LogP contribution in [0.5, 0.6) is 0 Å². The Bertz CT molecular complexity index is 1280. The van der Waals surface area contributed by atoms with E-state index in [1.165, 1.54) is 12.8 Å². The lowest BCUT2D eigenvalue weighted by molar-refractivity contribution is -0.117. The van der Waals surface area contributed by atoms with E-state index in [9.17, 15) is 9.59 Å². The lowest BCUT2D eigenvalue weighted by Gasteiger charge is -2.25. The summed E-state index contributed by atoms with van der Waals surface area (Å²) in [6.45, 7) is 5.81. The maximum absolute atomic E-state index is 12.9. The van der Waals surface area contributed by atoms with Crippen molar-refractivity contribution in [2.75, 3.05) is 43.5 Å². The van der Waals surface area contributed by atoms with Gasteiger partial charge in [0.05, 0.1) is 31.0 Å². The van der Waals surface area contributed by atoms with Crippen molar-refractivity contribution >= 4 is 23.3 Å². The van der Waals surface area contributed by atoms with Crippen LogP contribution in [-0.2, 0) is 14.3 Å². The molecule has 1 aliphatic heterocycles. The maximum Gasteiger partial charge on any atom is 0.248 e. The minimum atomic E-state index is -0.367. The molecule has 5 rings (SSSR count). The van der Waals surface area contributed by atoms with Gasteiger partial charge >= 0.3 is 0 Å². The number of aromatic nitrogens is 3. The molecule has 3 N–H and O–H groups in total. The molecule has 9 nitrogen and oxygen atoms in total. The van der Waals surface area contributed by atoms with Crippen LogP contribution in [-0.4, -0.2) is 64.7 Å². The van der Waals surface area contributed by atoms with Crippen molar-refractivity contribution in [2.24, 2.45) is 0 Å². The highest BCUT2D eigenvalue weighted by atomic mass is 16.5. The number of anilines is 2. The highest BCUT2D eigenvalue weighted by Crippen LogP contribution is 2.39. The number of benzene rings is 1. The molecule has 2 aliphatic rings. The number of amides is 2. The Morgan fingerprint density at radius 2 is 1.97 bits per heavy atom. The smallest absolute Gasteiger partial charge is 0.248 e. The van der Waals surface area contributed by atoms with E-state index in [1.807, 2.05) is 49.4 Å². The number of rotatable bonds is 9. The van der Waals surface area contributed by atoms with Gasteiger partial charge < -0.3 is 15.4 Å². The Morgan fingerprint density at radius 3 is 2.78 bits per heavy atom. The van der Waals surface area contributed by atoms with Crippen LogP contribution in [0.4, 0.5) is 11.5 Å². The number of H-pyrrole nitrogens is 1. The van der Waals surface area contributed by atoms with E-state index >= 15 is 0 Å². The first kappa shape index (κ1) is 24.9. The highest BCUT2D eigenvalue weighted by molar-refractivity contribution is 5.99. The second kappa shape index (κ2) is 11.5. The van der Waals surface area contributed by atoms with Crippen molar-refractivity contribution in [3.63, 3.8) is 0 Å². The van der Waals surface area contributed by atoms with E-state index in [0.29, 0.717) is 17.4 Å². The van der Waals surface area contributed by atoms with E-state index in [2.05, 4.69) is 30.7 Å². The Balaban J connectivity index is 1.20. The summed E-state index contributed by atoms with van der Waals surface area (Å²) in [6.07, 6.45) is 9.13. The first-order valence-electron chi connectivity index (χ1n) is 12.7. The third-order valence-electron chi connectivity index (χ3n) is 6.72. The molecule has 0 spiro atoms. The predicted octanol–water partition coefficient (Wildman–Crippen LogP) is 3.92. The van der Waals surface area contributed by atoms with Crippen LogP contribution in [0.2, 0.25) is 0 Å². The molecule has 9 heteroatoms. The lowest BCUT2D eigenvalue weighted by Crippen LogP contribution is -2.36. The monoisotopic (exact) mass is 500 g/mol. The molecule has 1 saturated carbocycles. The van der Waals surface area contributed by atoms with Gasteiger partial charge in [-0.25, -0.2) is 0 Å². The maximum atomic E-state index is 12.9. The van der Waals surface area contributed by atoms with E-state index in [0.717, 1.165) is 55.2 Å². The quantitative estimate of drug-likeness (QED) is 0.384. The molecular formula is C28H32N6O3. The van der Waals surface area contributed by atoms with Gasteiger partial charge in [0, 0.05) is 55.1 Å². The van der Waals surface area contributed by atoms with E-state index < -0.39 is 0 Å². The fourth-order valence-corrected chi connectivity index (χ4v) is 4.32. The van der Waals surface area contributed by atoms with Gasteiger partial charge in [0.15, 0.2) is 5.82 Å². The summed E-state index contributed by atoms with van der Waals surface area (Å²) >= 11 is 0. The fourth-order valence-electron chi connectivity index (χ4n) is 4.32. The average Bonchev–Trinajstić information content (AvgIpc) is 3.67. The Kier molecular flexibility index (Phi) is 7.72. The molecule has 3 aromatic rings. The molecule has 192 valence electrons. The molecular weight excluding hydrogens is 468 g/mol. The number of ether oxygens (including phenoxy) is 1. The molecule has 3 heterocycles. The summed E-state index contributed by atoms with van der Waals surface area (Å²) < 4.78 is 5.34. The largest absolute Gasteiger partial charge is 0.379 e. The van der Waals surface area contributed by atoms with Gasteiger partial charge in [0.25, 0.3) is 0 Å². The number of carbonyl (C=O) groups excluding carboxylic acids is 2. The summed E-state index contributed by atoms with van der Waals surface area (Å²) in [5.74, 6) is 0.422. The van der Waals surface area contributed by atoms with Gasteiger partial charge in [0.1, 0.15) is 0 Å². The number of pyridine rings is 1. The zero-order valence-electron chi connectivity index (χ0n) is 20.9. The second-order valence-corrected chi connectivity index (χ2v) is 9.59. The standard InChI is InChI=1S/C28H32N6O3/c1-19(28(36)31-26-16-25(32-33-26)20-7-8-20)21-4-2-5-22(14-21)23-15-24(18-29-17-23)30-27(35)6-3-9-34-10-12-37-13-11-34/h2-6,14-20H,7-13H2,1H3,(H,30,35)(H2,31,32,33,36). The number of morpholine rings is 1. The fraction of sp³-hybridized carbons (Fsp3) is 0.357. The predicted molar refractivity (Wildman–Crippen MR) is 142 cm³/mol. The highest BCUT2D eigenvalue weighted by Gasteiger charge is 2.26. The number of carbonyl (C=O) groups is 2. The molecule has 1 saturated heterocycles. The third-order valence-corrected chi connectivity index (χ3v) is 6.72. The van der Waals surface area contributed by atoms with Crippen LogP contribution in [0.15, 0.2) is 60.9 Å². The number of hydrogen-bond donors (Lipinski definition) is 3. The van der Waals surface area contributed by atoms with Gasteiger partial charge in [-0.05, 0) is 37.0 Å². The van der Waals surface area contributed by atoms with Crippen LogP contribution in [0, 0.1) is 0 Å². The SMILES string of the molecule is CC(C(=O)Nc1cc(C2CC2)[nH]n1)c1cccc(-c2cncc(NC(=O)C=CCN3CCOCC3)c2)c1. The first-order chi connectivity index (χ1) is 18.0. The summed E-state index contributed by atoms with van der Waals surface area (Å²) in [5, 5.41) is 13.0. The normalized spacial score (nSPS) is 17.0. The molecule has 0 radical (unpaired) electrons. The molecule has 1 atom stereocenters. The zero-order valence-corrected chi connectivity index (χ0v) is 20.9. The molecule has 1 unspecified atom stereocenters. The third kappa shape index (κ3) is 6.69. The van der Waals surface area contributed by atoms with Gasteiger partial charge in [0.2, 0.25) is 11.8 Å². The van der Waals surface area contributed by atoms with Gasteiger partial charge in [-0.2, -0.15) is 5.10 Å². The molecule has 0 bridgehead atoms. The Morgan fingerprint density at radius 1 is 1.14 bits per heavy atom. The minimum absolute atomic E-state index is 0.117. The average molecular weight is 501 g/mol.